The molecule has 0 spiro atoms. The first-order valence-corrected chi connectivity index (χ1v) is 6.55. The SMILES string of the molecule is CSCc1ncn(C)c1CSC. The van der Waals surface area contributed by atoms with Crippen molar-refractivity contribution in [2.45, 2.75) is 11.5 Å². The van der Waals surface area contributed by atoms with E-state index in [-0.39, 0.29) is 0 Å². The molecule has 1 rings (SSSR count). The van der Waals surface area contributed by atoms with Gasteiger partial charge in [-0.1, -0.05) is 0 Å². The van der Waals surface area contributed by atoms with Crippen molar-refractivity contribution in [2.75, 3.05) is 12.5 Å². The Morgan fingerprint density at radius 3 is 2.58 bits per heavy atom. The van der Waals surface area contributed by atoms with Crippen molar-refractivity contribution in [3.8, 4) is 0 Å². The fourth-order valence-corrected chi connectivity index (χ4v) is 2.24. The zero-order valence-electron chi connectivity index (χ0n) is 7.70. The minimum absolute atomic E-state index is 1.02. The van der Waals surface area contributed by atoms with E-state index < -0.39 is 0 Å². The number of imidazole rings is 1. The maximum Gasteiger partial charge on any atom is 0.0949 e. The highest BCUT2D eigenvalue weighted by Crippen LogP contribution is 2.16. The summed E-state index contributed by atoms with van der Waals surface area (Å²) in [6.07, 6.45) is 6.13. The Bertz CT molecular complexity index is 245. The average molecular weight is 202 g/mol. The molecule has 12 heavy (non-hydrogen) atoms. The lowest BCUT2D eigenvalue weighted by atomic mass is 10.4. The summed E-state index contributed by atoms with van der Waals surface area (Å²) in [5.41, 5.74) is 2.59. The van der Waals surface area contributed by atoms with E-state index in [9.17, 15) is 0 Å². The lowest BCUT2D eigenvalue weighted by Gasteiger charge is -2.02. The molecule has 0 fully saturated rings. The highest BCUT2D eigenvalue weighted by Gasteiger charge is 2.06. The summed E-state index contributed by atoms with van der Waals surface area (Å²) in [5, 5.41) is 0. The van der Waals surface area contributed by atoms with Crippen molar-refractivity contribution in [1.82, 2.24) is 9.55 Å². The van der Waals surface area contributed by atoms with E-state index in [0.29, 0.717) is 0 Å². The number of aryl methyl sites for hydroxylation is 1. The Balaban J connectivity index is 2.80. The van der Waals surface area contributed by atoms with Gasteiger partial charge < -0.3 is 4.57 Å². The van der Waals surface area contributed by atoms with Crippen LogP contribution < -0.4 is 0 Å². The molecule has 0 aliphatic carbocycles. The van der Waals surface area contributed by atoms with Gasteiger partial charge in [-0.05, 0) is 12.5 Å². The van der Waals surface area contributed by atoms with Gasteiger partial charge in [-0.25, -0.2) is 4.98 Å². The second kappa shape index (κ2) is 4.82. The monoisotopic (exact) mass is 202 g/mol. The molecule has 1 heterocycles. The molecule has 0 aliphatic heterocycles. The van der Waals surface area contributed by atoms with Gasteiger partial charge in [0.15, 0.2) is 0 Å². The molecule has 0 saturated carbocycles. The van der Waals surface area contributed by atoms with E-state index in [1.165, 1.54) is 11.4 Å². The third-order valence-corrected chi connectivity index (χ3v) is 2.83. The molecule has 0 bridgehead atoms. The highest BCUT2D eigenvalue weighted by atomic mass is 32.2. The van der Waals surface area contributed by atoms with Gasteiger partial charge >= 0.3 is 0 Å². The number of nitrogens with zero attached hydrogens (tertiary/aromatic N) is 2. The van der Waals surface area contributed by atoms with Crippen LogP contribution in [0.25, 0.3) is 0 Å². The average Bonchev–Trinajstić information content (AvgIpc) is 2.37. The van der Waals surface area contributed by atoms with E-state index in [4.69, 9.17) is 0 Å². The largest absolute Gasteiger partial charge is 0.337 e. The molecule has 0 atom stereocenters. The summed E-state index contributed by atoms with van der Waals surface area (Å²) in [4.78, 5) is 4.35. The minimum Gasteiger partial charge on any atom is -0.337 e. The molecule has 0 unspecified atom stereocenters. The van der Waals surface area contributed by atoms with Crippen LogP contribution in [0.2, 0.25) is 0 Å². The van der Waals surface area contributed by atoms with E-state index in [0.717, 1.165) is 11.5 Å². The normalized spacial score (nSPS) is 10.6. The summed E-state index contributed by atoms with van der Waals surface area (Å²) in [6.45, 7) is 0. The zero-order chi connectivity index (χ0) is 8.97. The van der Waals surface area contributed by atoms with E-state index >= 15 is 0 Å². The topological polar surface area (TPSA) is 17.8 Å². The fourth-order valence-electron chi connectivity index (χ4n) is 1.08. The number of hydrogen-bond acceptors (Lipinski definition) is 3. The summed E-state index contributed by atoms with van der Waals surface area (Å²) in [7, 11) is 2.06. The van der Waals surface area contributed by atoms with Gasteiger partial charge in [0.05, 0.1) is 17.7 Å². The van der Waals surface area contributed by atoms with Gasteiger partial charge in [0.25, 0.3) is 0 Å². The summed E-state index contributed by atoms with van der Waals surface area (Å²) < 4.78 is 2.11. The lowest BCUT2D eigenvalue weighted by molar-refractivity contribution is 0.864. The third-order valence-electron chi connectivity index (χ3n) is 1.71. The van der Waals surface area contributed by atoms with Crippen LogP contribution in [0.1, 0.15) is 11.4 Å². The van der Waals surface area contributed by atoms with Gasteiger partial charge in [-0.15, -0.1) is 0 Å². The van der Waals surface area contributed by atoms with Crippen LogP contribution in [0.15, 0.2) is 6.33 Å². The Morgan fingerprint density at radius 2 is 2.00 bits per heavy atom. The van der Waals surface area contributed by atoms with Crippen LogP contribution in [0.4, 0.5) is 0 Å². The molecule has 68 valence electrons. The first-order chi connectivity index (χ1) is 5.79. The fraction of sp³-hybridized carbons (Fsp3) is 0.625. The van der Waals surface area contributed by atoms with Crippen LogP contribution in [-0.2, 0) is 18.6 Å². The van der Waals surface area contributed by atoms with E-state index in [1.54, 1.807) is 0 Å². The minimum atomic E-state index is 1.02. The number of hydrogen-bond donors (Lipinski definition) is 0. The molecule has 0 saturated heterocycles. The second-order valence-corrected chi connectivity index (χ2v) is 4.35. The predicted octanol–water partition coefficient (Wildman–Crippen LogP) is 2.15. The van der Waals surface area contributed by atoms with Gasteiger partial charge in [-0.3, -0.25) is 0 Å². The van der Waals surface area contributed by atoms with Crippen molar-refractivity contribution < 1.29 is 0 Å². The molecule has 0 amide bonds. The maximum atomic E-state index is 4.35. The van der Waals surface area contributed by atoms with Crippen LogP contribution in [0.3, 0.4) is 0 Å². The van der Waals surface area contributed by atoms with Crippen LogP contribution in [0, 0.1) is 0 Å². The summed E-state index contributed by atoms with van der Waals surface area (Å²) >= 11 is 3.67. The lowest BCUT2D eigenvalue weighted by Crippen LogP contribution is -1.95. The zero-order valence-corrected chi connectivity index (χ0v) is 9.34. The third kappa shape index (κ3) is 2.20. The maximum absolute atomic E-state index is 4.35. The van der Waals surface area contributed by atoms with Gasteiger partial charge in [0, 0.05) is 18.6 Å². The Morgan fingerprint density at radius 1 is 1.33 bits per heavy atom. The van der Waals surface area contributed by atoms with Crippen molar-refractivity contribution in [3.63, 3.8) is 0 Å². The van der Waals surface area contributed by atoms with Gasteiger partial charge in [-0.2, -0.15) is 23.5 Å². The van der Waals surface area contributed by atoms with Crippen LogP contribution in [-0.4, -0.2) is 22.1 Å². The number of rotatable bonds is 4. The second-order valence-electron chi connectivity index (χ2n) is 2.61. The molecule has 0 aliphatic rings. The molecule has 4 heteroatoms. The van der Waals surface area contributed by atoms with Gasteiger partial charge in [0.2, 0.25) is 0 Å². The molecule has 0 aromatic carbocycles. The smallest absolute Gasteiger partial charge is 0.0949 e. The van der Waals surface area contributed by atoms with Crippen molar-refractivity contribution >= 4 is 23.5 Å². The summed E-state index contributed by atoms with van der Waals surface area (Å²) in [6, 6.07) is 0. The molecule has 1 aromatic rings. The van der Waals surface area contributed by atoms with Crippen LogP contribution >= 0.6 is 23.5 Å². The van der Waals surface area contributed by atoms with Crippen molar-refractivity contribution in [1.29, 1.82) is 0 Å². The van der Waals surface area contributed by atoms with E-state index in [1.807, 2.05) is 29.9 Å². The molecule has 1 aromatic heterocycles. The van der Waals surface area contributed by atoms with Crippen molar-refractivity contribution in [3.05, 3.63) is 17.7 Å². The Kier molecular flexibility index (Phi) is 4.01. The van der Waals surface area contributed by atoms with Crippen LogP contribution in [0.5, 0.6) is 0 Å². The number of aromatic nitrogens is 2. The molecule has 2 nitrogen and oxygen atoms in total. The molecule has 0 radical (unpaired) electrons. The molecular formula is C8H14N2S2. The molecular weight excluding hydrogens is 188 g/mol. The standard InChI is InChI=1S/C8H14N2S2/c1-10-6-9-7(4-11-2)8(10)5-12-3/h6H,4-5H2,1-3H3. The molecule has 0 N–H and O–H groups in total. The van der Waals surface area contributed by atoms with Gasteiger partial charge in [0.1, 0.15) is 0 Å². The summed E-state index contributed by atoms with van der Waals surface area (Å²) in [5.74, 6) is 2.09. The Hall–Kier alpha value is -0.0900. The number of thioether (sulfide) groups is 2. The highest BCUT2D eigenvalue weighted by molar-refractivity contribution is 7.98. The Labute approximate surface area is 82.1 Å². The first kappa shape index (κ1) is 9.99. The van der Waals surface area contributed by atoms with Crippen molar-refractivity contribution in [2.24, 2.45) is 7.05 Å². The predicted molar refractivity (Wildman–Crippen MR) is 57.6 cm³/mol. The van der Waals surface area contributed by atoms with E-state index in [2.05, 4.69) is 29.1 Å². The first-order valence-electron chi connectivity index (χ1n) is 3.76. The quantitative estimate of drug-likeness (QED) is 0.745.